The van der Waals surface area contributed by atoms with Gasteiger partial charge in [0.2, 0.25) is 0 Å². The lowest BCUT2D eigenvalue weighted by Gasteiger charge is -2.22. The minimum atomic E-state index is 0.0844. The zero-order valence-corrected chi connectivity index (χ0v) is 11.5. The third-order valence-corrected chi connectivity index (χ3v) is 3.52. The van der Waals surface area contributed by atoms with Crippen molar-refractivity contribution in [2.24, 2.45) is 5.92 Å². The number of rotatable bonds is 5. The van der Waals surface area contributed by atoms with Gasteiger partial charge in [-0.2, -0.15) is 0 Å². The van der Waals surface area contributed by atoms with Crippen LogP contribution in [-0.4, -0.2) is 33.2 Å². The molecular formula is C15H20O4. The number of Topliss-reactive ketones (excluding diaryl/α,β-unsaturated/α-hetero) is 1. The highest BCUT2D eigenvalue weighted by molar-refractivity contribution is 6.01. The molecule has 104 valence electrons. The molecule has 1 aliphatic rings. The summed E-state index contributed by atoms with van der Waals surface area (Å²) < 4.78 is 15.9. The molecule has 0 spiro atoms. The first-order valence-corrected chi connectivity index (χ1v) is 6.58. The fourth-order valence-electron chi connectivity index (χ4n) is 2.44. The lowest BCUT2D eigenvalue weighted by atomic mass is 9.91. The Morgan fingerprint density at radius 1 is 1.21 bits per heavy atom. The maximum Gasteiger partial charge on any atom is 0.170 e. The van der Waals surface area contributed by atoms with E-state index in [0.717, 1.165) is 26.1 Å². The Morgan fingerprint density at radius 2 is 1.79 bits per heavy atom. The topological polar surface area (TPSA) is 44.8 Å². The van der Waals surface area contributed by atoms with Crippen molar-refractivity contribution in [3.05, 3.63) is 23.8 Å². The molecule has 1 aromatic rings. The van der Waals surface area contributed by atoms with E-state index in [0.29, 0.717) is 29.4 Å². The molecule has 1 saturated heterocycles. The molecule has 4 nitrogen and oxygen atoms in total. The Bertz CT molecular complexity index is 414. The Hall–Kier alpha value is -1.55. The van der Waals surface area contributed by atoms with Gasteiger partial charge in [-0.3, -0.25) is 4.79 Å². The summed E-state index contributed by atoms with van der Waals surface area (Å²) in [5, 5.41) is 0. The number of hydrogen-bond acceptors (Lipinski definition) is 4. The van der Waals surface area contributed by atoms with Crippen LogP contribution < -0.4 is 9.47 Å². The number of carbonyl (C=O) groups excluding carboxylic acids is 1. The molecule has 1 aromatic carbocycles. The first-order chi connectivity index (χ1) is 9.26. The summed E-state index contributed by atoms with van der Waals surface area (Å²) in [5.41, 5.74) is 0.555. The molecule has 0 N–H and O–H groups in total. The van der Waals surface area contributed by atoms with E-state index in [2.05, 4.69) is 0 Å². The van der Waals surface area contributed by atoms with Crippen molar-refractivity contribution in [2.45, 2.75) is 19.3 Å². The predicted molar refractivity (Wildman–Crippen MR) is 72.0 cm³/mol. The standard InChI is InChI=1S/C15H20O4/c1-17-13-4-3-5-14(18-2)15(13)12(16)10-11-6-8-19-9-7-11/h3-5,11H,6-10H2,1-2H3. The van der Waals surface area contributed by atoms with Gasteiger partial charge in [0.1, 0.15) is 17.1 Å². The number of benzene rings is 1. The van der Waals surface area contributed by atoms with Crippen molar-refractivity contribution in [2.75, 3.05) is 27.4 Å². The van der Waals surface area contributed by atoms with E-state index in [-0.39, 0.29) is 5.78 Å². The van der Waals surface area contributed by atoms with Gasteiger partial charge >= 0.3 is 0 Å². The number of hydrogen-bond donors (Lipinski definition) is 0. The van der Waals surface area contributed by atoms with Crippen molar-refractivity contribution in [1.82, 2.24) is 0 Å². The molecule has 0 radical (unpaired) electrons. The third kappa shape index (κ3) is 3.26. The van der Waals surface area contributed by atoms with Crippen LogP contribution in [0.1, 0.15) is 29.6 Å². The van der Waals surface area contributed by atoms with Crippen LogP contribution >= 0.6 is 0 Å². The SMILES string of the molecule is COc1cccc(OC)c1C(=O)CC1CCOCC1. The lowest BCUT2D eigenvalue weighted by molar-refractivity contribution is 0.0599. The summed E-state index contributed by atoms with van der Waals surface area (Å²) >= 11 is 0. The van der Waals surface area contributed by atoms with E-state index in [1.807, 2.05) is 6.07 Å². The molecule has 19 heavy (non-hydrogen) atoms. The van der Waals surface area contributed by atoms with Gasteiger partial charge in [-0.1, -0.05) is 6.07 Å². The smallest absolute Gasteiger partial charge is 0.170 e. The van der Waals surface area contributed by atoms with E-state index in [1.165, 1.54) is 0 Å². The molecule has 0 bridgehead atoms. The molecule has 1 fully saturated rings. The Labute approximate surface area is 113 Å². The van der Waals surface area contributed by atoms with Gasteiger partial charge < -0.3 is 14.2 Å². The van der Waals surface area contributed by atoms with Crippen LogP contribution in [0.15, 0.2) is 18.2 Å². The van der Waals surface area contributed by atoms with Gasteiger partial charge in [-0.15, -0.1) is 0 Å². The van der Waals surface area contributed by atoms with E-state index in [9.17, 15) is 4.79 Å². The summed E-state index contributed by atoms with van der Waals surface area (Å²) in [7, 11) is 3.14. The average molecular weight is 264 g/mol. The highest BCUT2D eigenvalue weighted by Gasteiger charge is 2.23. The van der Waals surface area contributed by atoms with Crippen LogP contribution in [0.25, 0.3) is 0 Å². The number of carbonyl (C=O) groups is 1. The molecule has 4 heteroatoms. The molecule has 0 amide bonds. The highest BCUT2D eigenvalue weighted by Crippen LogP contribution is 2.31. The van der Waals surface area contributed by atoms with E-state index >= 15 is 0 Å². The Kier molecular flexibility index (Phi) is 4.80. The predicted octanol–water partition coefficient (Wildman–Crippen LogP) is 2.70. The van der Waals surface area contributed by atoms with Crippen LogP contribution in [0, 0.1) is 5.92 Å². The quantitative estimate of drug-likeness (QED) is 0.767. The van der Waals surface area contributed by atoms with Crippen molar-refractivity contribution in [1.29, 1.82) is 0 Å². The van der Waals surface area contributed by atoms with Crippen molar-refractivity contribution in [3.63, 3.8) is 0 Å². The zero-order chi connectivity index (χ0) is 13.7. The van der Waals surface area contributed by atoms with Crippen LogP contribution in [-0.2, 0) is 4.74 Å². The highest BCUT2D eigenvalue weighted by atomic mass is 16.5. The molecule has 2 rings (SSSR count). The normalized spacial score (nSPS) is 16.1. The van der Waals surface area contributed by atoms with Crippen LogP contribution in [0.4, 0.5) is 0 Å². The fourth-order valence-corrected chi connectivity index (χ4v) is 2.44. The summed E-state index contributed by atoms with van der Waals surface area (Å²) in [6.45, 7) is 1.50. The monoisotopic (exact) mass is 264 g/mol. The van der Waals surface area contributed by atoms with Crippen LogP contribution in [0.3, 0.4) is 0 Å². The maximum atomic E-state index is 12.5. The second-order valence-corrected chi connectivity index (χ2v) is 4.72. The minimum Gasteiger partial charge on any atom is -0.496 e. The molecule has 0 aliphatic carbocycles. The summed E-state index contributed by atoms with van der Waals surface area (Å²) in [5.74, 6) is 1.64. The summed E-state index contributed by atoms with van der Waals surface area (Å²) in [4.78, 5) is 12.5. The third-order valence-electron chi connectivity index (χ3n) is 3.52. The zero-order valence-electron chi connectivity index (χ0n) is 11.5. The summed E-state index contributed by atoms with van der Waals surface area (Å²) in [6, 6.07) is 5.41. The van der Waals surface area contributed by atoms with Gasteiger partial charge in [0, 0.05) is 19.6 Å². The van der Waals surface area contributed by atoms with E-state index in [1.54, 1.807) is 26.4 Å². The maximum absolute atomic E-state index is 12.5. The van der Waals surface area contributed by atoms with Gasteiger partial charge in [0.25, 0.3) is 0 Å². The second kappa shape index (κ2) is 6.57. The largest absolute Gasteiger partial charge is 0.496 e. The molecule has 0 unspecified atom stereocenters. The molecule has 1 heterocycles. The fraction of sp³-hybridized carbons (Fsp3) is 0.533. The van der Waals surface area contributed by atoms with Gasteiger partial charge in [0.05, 0.1) is 14.2 Å². The lowest BCUT2D eigenvalue weighted by Crippen LogP contribution is -2.19. The Balaban J connectivity index is 2.17. The first-order valence-electron chi connectivity index (χ1n) is 6.58. The molecule has 0 saturated carbocycles. The minimum absolute atomic E-state index is 0.0844. The van der Waals surface area contributed by atoms with Crippen molar-refractivity contribution in [3.8, 4) is 11.5 Å². The average Bonchev–Trinajstić information content (AvgIpc) is 2.47. The first kappa shape index (κ1) is 13.9. The number of ketones is 1. The van der Waals surface area contributed by atoms with Gasteiger partial charge in [0.15, 0.2) is 5.78 Å². The van der Waals surface area contributed by atoms with Crippen LogP contribution in [0.5, 0.6) is 11.5 Å². The Morgan fingerprint density at radius 3 is 2.32 bits per heavy atom. The van der Waals surface area contributed by atoms with E-state index in [4.69, 9.17) is 14.2 Å². The summed E-state index contributed by atoms with van der Waals surface area (Å²) in [6.07, 6.45) is 2.42. The van der Waals surface area contributed by atoms with Crippen molar-refractivity contribution >= 4 is 5.78 Å². The molecular weight excluding hydrogens is 244 g/mol. The number of methoxy groups -OCH3 is 2. The van der Waals surface area contributed by atoms with Gasteiger partial charge in [-0.25, -0.2) is 0 Å². The molecule has 1 aliphatic heterocycles. The molecule has 0 atom stereocenters. The number of ether oxygens (including phenoxy) is 3. The second-order valence-electron chi connectivity index (χ2n) is 4.72. The van der Waals surface area contributed by atoms with E-state index < -0.39 is 0 Å². The molecule has 0 aromatic heterocycles. The van der Waals surface area contributed by atoms with Crippen LogP contribution in [0.2, 0.25) is 0 Å². The van der Waals surface area contributed by atoms with Crippen molar-refractivity contribution < 1.29 is 19.0 Å². The van der Waals surface area contributed by atoms with Gasteiger partial charge in [-0.05, 0) is 30.9 Å².